The number of nitrogens with zero attached hydrogens (tertiary/aromatic N) is 1. The van der Waals surface area contributed by atoms with Gasteiger partial charge in [-0.25, -0.2) is 4.39 Å². The summed E-state index contributed by atoms with van der Waals surface area (Å²) in [5.41, 5.74) is 2.46. The Kier molecular flexibility index (Phi) is 7.91. The molecule has 3 aromatic rings. The predicted molar refractivity (Wildman–Crippen MR) is 134 cm³/mol. The van der Waals surface area contributed by atoms with Gasteiger partial charge in [0.15, 0.2) is 16.6 Å². The van der Waals surface area contributed by atoms with E-state index in [1.54, 1.807) is 26.4 Å². The Bertz CT molecular complexity index is 1240. The van der Waals surface area contributed by atoms with E-state index in [9.17, 15) is 17.6 Å². The average molecular weight is 537 g/mol. The Morgan fingerprint density at radius 1 is 0.973 bits per heavy atom. The number of fused-ring (bicyclic) bond motifs is 1. The second-order valence-corrected chi connectivity index (χ2v) is 8.52. The van der Waals surface area contributed by atoms with Gasteiger partial charge in [0.2, 0.25) is 0 Å². The molecular weight excluding hydrogens is 512 g/mol. The average Bonchev–Trinajstić information content (AvgIpc) is 2.87. The maximum atomic E-state index is 13.3. The second kappa shape index (κ2) is 11.1. The molecule has 0 aliphatic carbocycles. The molecule has 0 amide bonds. The first kappa shape index (κ1) is 26.3. The Hall–Kier alpha value is -3.73. The molecule has 0 radical (unpaired) electrons. The van der Waals surface area contributed by atoms with Crippen LogP contribution in [-0.2, 0) is 6.42 Å². The minimum absolute atomic E-state index is 0.189. The molecule has 3 aromatic carbocycles. The lowest BCUT2D eigenvalue weighted by atomic mass is 9.92. The molecule has 0 fully saturated rings. The van der Waals surface area contributed by atoms with Gasteiger partial charge in [-0.2, -0.15) is 0 Å². The molecule has 37 heavy (non-hydrogen) atoms. The van der Waals surface area contributed by atoms with E-state index in [-0.39, 0.29) is 24.2 Å². The van der Waals surface area contributed by atoms with E-state index >= 15 is 0 Å². The Morgan fingerprint density at radius 2 is 1.59 bits per heavy atom. The largest absolute Gasteiger partial charge is 0.573 e. The van der Waals surface area contributed by atoms with Crippen LogP contribution in [0.5, 0.6) is 23.0 Å². The number of rotatable bonds is 7. The van der Waals surface area contributed by atoms with E-state index in [4.69, 9.17) is 26.4 Å². The van der Waals surface area contributed by atoms with Crippen LogP contribution in [0.3, 0.4) is 0 Å². The van der Waals surface area contributed by atoms with E-state index in [0.29, 0.717) is 41.0 Å². The van der Waals surface area contributed by atoms with Gasteiger partial charge >= 0.3 is 6.36 Å². The van der Waals surface area contributed by atoms with Crippen molar-refractivity contribution in [3.8, 4) is 23.0 Å². The quantitative estimate of drug-likeness (QED) is 0.289. The third-order valence-corrected chi connectivity index (χ3v) is 6.16. The molecule has 0 bridgehead atoms. The maximum Gasteiger partial charge on any atom is 0.573 e. The molecule has 1 aliphatic heterocycles. The van der Waals surface area contributed by atoms with Crippen LogP contribution in [-0.4, -0.2) is 43.7 Å². The smallest absolute Gasteiger partial charge is 0.493 e. The van der Waals surface area contributed by atoms with Crippen molar-refractivity contribution < 1.29 is 36.5 Å². The number of halogens is 4. The number of nitrogens with one attached hydrogen (secondary N) is 1. The molecule has 1 aliphatic rings. The number of ether oxygens (including phenoxy) is 4. The number of hydrogen-bond acceptors (Lipinski definition) is 5. The van der Waals surface area contributed by atoms with E-state index < -0.39 is 6.36 Å². The molecule has 4 rings (SSSR count). The fourth-order valence-corrected chi connectivity index (χ4v) is 4.43. The summed E-state index contributed by atoms with van der Waals surface area (Å²) in [4.78, 5) is 1.94. The Morgan fingerprint density at radius 3 is 2.22 bits per heavy atom. The van der Waals surface area contributed by atoms with Crippen LogP contribution in [0.15, 0.2) is 60.7 Å². The Balaban J connectivity index is 1.58. The van der Waals surface area contributed by atoms with E-state index in [1.165, 1.54) is 36.4 Å². The van der Waals surface area contributed by atoms with Gasteiger partial charge in [-0.1, -0.05) is 0 Å². The number of benzene rings is 3. The van der Waals surface area contributed by atoms with Crippen LogP contribution in [0.25, 0.3) is 0 Å². The summed E-state index contributed by atoms with van der Waals surface area (Å²) in [6.07, 6.45) is -4.12. The van der Waals surface area contributed by atoms with Gasteiger partial charge in [0, 0.05) is 12.2 Å². The van der Waals surface area contributed by atoms with Crippen molar-refractivity contribution in [2.24, 2.45) is 0 Å². The summed E-state index contributed by atoms with van der Waals surface area (Å²) in [7, 11) is 3.12. The lowest BCUT2D eigenvalue weighted by Gasteiger charge is -2.39. The SMILES string of the molecule is COc1cc2c(cc1OC)[C@@H](COc1ccc(F)cc1)N(C(=S)Nc1ccc(OC(F)(F)F)cc1)CC2. The molecule has 0 spiro atoms. The highest BCUT2D eigenvalue weighted by Gasteiger charge is 2.32. The second-order valence-electron chi connectivity index (χ2n) is 8.13. The zero-order valence-electron chi connectivity index (χ0n) is 20.0. The van der Waals surface area contributed by atoms with Crippen molar-refractivity contribution in [2.45, 2.75) is 18.8 Å². The van der Waals surface area contributed by atoms with Crippen molar-refractivity contribution in [1.29, 1.82) is 0 Å². The molecule has 1 N–H and O–H groups in total. The summed E-state index contributed by atoms with van der Waals surface area (Å²) >= 11 is 5.68. The molecule has 1 heterocycles. The summed E-state index contributed by atoms with van der Waals surface area (Å²) < 4.78 is 71.6. The van der Waals surface area contributed by atoms with Crippen molar-refractivity contribution >= 4 is 23.0 Å². The first-order valence-electron chi connectivity index (χ1n) is 11.2. The highest BCUT2D eigenvalue weighted by Crippen LogP contribution is 2.39. The number of anilines is 1. The third kappa shape index (κ3) is 6.53. The summed E-state index contributed by atoms with van der Waals surface area (Å²) in [6.45, 7) is 0.731. The number of thiocarbonyl (C=S) groups is 1. The molecule has 0 saturated heterocycles. The van der Waals surface area contributed by atoms with Crippen LogP contribution in [0.1, 0.15) is 17.2 Å². The van der Waals surface area contributed by atoms with Gasteiger partial charge in [0.25, 0.3) is 0 Å². The monoisotopic (exact) mass is 536 g/mol. The minimum Gasteiger partial charge on any atom is -0.493 e. The standard InChI is InChI=1S/C26H24F4N2O4S/c1-33-23-13-16-11-12-32(25(37)31-18-5-9-20(10-6-18)36-26(28,29)30)22(21(16)14-24(23)34-2)15-35-19-7-3-17(27)4-8-19/h3-10,13-14,22H,11-12,15H2,1-2H3,(H,31,37)/t22-/m1/s1. The van der Waals surface area contributed by atoms with Gasteiger partial charge in [-0.15, -0.1) is 13.2 Å². The molecule has 0 unspecified atom stereocenters. The molecule has 6 nitrogen and oxygen atoms in total. The zero-order chi connectivity index (χ0) is 26.6. The minimum atomic E-state index is -4.77. The summed E-state index contributed by atoms with van der Waals surface area (Å²) in [6, 6.07) is 14.5. The predicted octanol–water partition coefficient (Wildman–Crippen LogP) is 6.12. The van der Waals surface area contributed by atoms with Gasteiger partial charge in [0.1, 0.15) is 23.9 Å². The molecule has 1 atom stereocenters. The lowest BCUT2D eigenvalue weighted by Crippen LogP contribution is -2.44. The number of alkyl halides is 3. The highest BCUT2D eigenvalue weighted by molar-refractivity contribution is 7.80. The van der Waals surface area contributed by atoms with Crippen molar-refractivity contribution in [2.75, 3.05) is 32.7 Å². The van der Waals surface area contributed by atoms with E-state index in [0.717, 1.165) is 11.1 Å². The zero-order valence-corrected chi connectivity index (χ0v) is 20.8. The highest BCUT2D eigenvalue weighted by atomic mass is 32.1. The van der Waals surface area contributed by atoms with Gasteiger partial charge in [0.05, 0.1) is 20.3 Å². The molecule has 11 heteroatoms. The van der Waals surface area contributed by atoms with Crippen LogP contribution in [0.4, 0.5) is 23.2 Å². The fourth-order valence-electron chi connectivity index (χ4n) is 4.09. The third-order valence-electron chi connectivity index (χ3n) is 5.82. The van der Waals surface area contributed by atoms with Crippen molar-refractivity contribution in [3.63, 3.8) is 0 Å². The van der Waals surface area contributed by atoms with E-state index in [1.807, 2.05) is 17.0 Å². The fraction of sp³-hybridized carbons (Fsp3) is 0.269. The van der Waals surface area contributed by atoms with Crippen molar-refractivity contribution in [1.82, 2.24) is 4.90 Å². The van der Waals surface area contributed by atoms with E-state index in [2.05, 4.69) is 10.1 Å². The Labute approximate surface area is 216 Å². The maximum absolute atomic E-state index is 13.3. The first-order valence-corrected chi connectivity index (χ1v) is 11.6. The molecule has 0 saturated carbocycles. The van der Waals surface area contributed by atoms with Crippen molar-refractivity contribution in [3.05, 3.63) is 77.6 Å². The first-order chi connectivity index (χ1) is 17.7. The van der Waals surface area contributed by atoms with Gasteiger partial charge < -0.3 is 29.2 Å². The normalized spacial score (nSPS) is 15.0. The number of methoxy groups -OCH3 is 2. The van der Waals surface area contributed by atoms with Crippen LogP contribution < -0.4 is 24.3 Å². The molecule has 0 aromatic heterocycles. The van der Waals surface area contributed by atoms with Gasteiger partial charge in [-0.3, -0.25) is 0 Å². The van der Waals surface area contributed by atoms with Crippen LogP contribution in [0.2, 0.25) is 0 Å². The topological polar surface area (TPSA) is 52.2 Å². The van der Waals surface area contributed by atoms with Crippen LogP contribution >= 0.6 is 12.2 Å². The number of hydrogen-bond donors (Lipinski definition) is 1. The molecular formula is C26H24F4N2O4S. The van der Waals surface area contributed by atoms with Gasteiger partial charge in [-0.05, 0) is 90.4 Å². The summed E-state index contributed by atoms with van der Waals surface area (Å²) in [5.74, 6) is 0.949. The summed E-state index contributed by atoms with van der Waals surface area (Å²) in [5, 5.41) is 3.44. The van der Waals surface area contributed by atoms with Crippen LogP contribution in [0, 0.1) is 5.82 Å². The molecule has 196 valence electrons. The lowest BCUT2D eigenvalue weighted by molar-refractivity contribution is -0.274.